The van der Waals surface area contributed by atoms with Gasteiger partial charge in [-0.1, -0.05) is 13.8 Å². The fraction of sp³-hybridized carbons (Fsp3) is 0.500. The summed E-state index contributed by atoms with van der Waals surface area (Å²) >= 11 is 0. The second-order valence-corrected chi connectivity index (χ2v) is 6.86. The Morgan fingerprint density at radius 3 is 2.30 bits per heavy atom. The van der Waals surface area contributed by atoms with Crippen LogP contribution in [0.3, 0.4) is 0 Å². The van der Waals surface area contributed by atoms with Gasteiger partial charge in [0.2, 0.25) is 5.91 Å². The molecule has 1 amide bonds. The number of rotatable bonds is 7. The van der Waals surface area contributed by atoms with Gasteiger partial charge in [0.25, 0.3) is 0 Å². The van der Waals surface area contributed by atoms with E-state index < -0.39 is 9.84 Å². The molecule has 1 unspecified atom stereocenters. The van der Waals surface area contributed by atoms with Crippen LogP contribution in [-0.4, -0.2) is 32.7 Å². The minimum atomic E-state index is -3.18. The van der Waals surface area contributed by atoms with E-state index in [4.69, 9.17) is 0 Å². The first kappa shape index (κ1) is 16.5. The largest absolute Gasteiger partial charge is 0.374 e. The second kappa shape index (κ2) is 7.28. The first-order chi connectivity index (χ1) is 9.40. The minimum Gasteiger partial charge on any atom is -0.374 e. The summed E-state index contributed by atoms with van der Waals surface area (Å²) in [5.74, 6) is 0.00685. The van der Waals surface area contributed by atoms with Crippen LogP contribution in [0.25, 0.3) is 0 Å². The highest BCUT2D eigenvalue weighted by molar-refractivity contribution is 7.91. The summed E-state index contributed by atoms with van der Waals surface area (Å²) in [5, 5.41) is 5.84. The Balaban J connectivity index is 2.68. The maximum Gasteiger partial charge on any atom is 0.242 e. The molecule has 0 saturated carbocycles. The lowest BCUT2D eigenvalue weighted by Crippen LogP contribution is -2.37. The summed E-state index contributed by atoms with van der Waals surface area (Å²) in [6.45, 7) is 6.02. The molecule has 0 spiro atoms. The van der Waals surface area contributed by atoms with Gasteiger partial charge in [-0.05, 0) is 37.6 Å². The van der Waals surface area contributed by atoms with E-state index in [9.17, 15) is 13.2 Å². The number of carbonyl (C=O) groups excluding carboxylic acids is 1. The Hall–Kier alpha value is -1.56. The van der Waals surface area contributed by atoms with Crippen molar-refractivity contribution >= 4 is 21.4 Å². The molecule has 1 atom stereocenters. The van der Waals surface area contributed by atoms with Crippen LogP contribution in [0.4, 0.5) is 5.69 Å². The summed E-state index contributed by atoms with van der Waals surface area (Å²) < 4.78 is 23.4. The van der Waals surface area contributed by atoms with E-state index in [1.54, 1.807) is 38.1 Å². The van der Waals surface area contributed by atoms with Crippen molar-refractivity contribution in [2.45, 2.75) is 38.1 Å². The first-order valence-electron chi connectivity index (χ1n) is 6.77. The van der Waals surface area contributed by atoms with Gasteiger partial charge in [-0.2, -0.15) is 0 Å². The predicted octanol–water partition coefficient (Wildman–Crippen LogP) is 1.81. The van der Waals surface area contributed by atoms with Crippen molar-refractivity contribution in [3.05, 3.63) is 24.3 Å². The normalized spacial score (nSPS) is 12.8. The van der Waals surface area contributed by atoms with Gasteiger partial charge in [-0.3, -0.25) is 4.79 Å². The maximum absolute atomic E-state index is 11.7. The summed E-state index contributed by atoms with van der Waals surface area (Å²) in [6.07, 6.45) is 0.891. The zero-order valence-corrected chi connectivity index (χ0v) is 13.0. The Morgan fingerprint density at radius 2 is 1.80 bits per heavy atom. The molecule has 1 aromatic carbocycles. The van der Waals surface area contributed by atoms with Crippen LogP contribution < -0.4 is 10.6 Å². The minimum absolute atomic E-state index is 0.0721. The average molecular weight is 298 g/mol. The van der Waals surface area contributed by atoms with Gasteiger partial charge in [-0.25, -0.2) is 8.42 Å². The van der Waals surface area contributed by atoms with Crippen molar-refractivity contribution in [2.75, 3.05) is 17.6 Å². The van der Waals surface area contributed by atoms with Gasteiger partial charge in [0.05, 0.1) is 10.6 Å². The highest BCUT2D eigenvalue weighted by Crippen LogP contribution is 2.15. The van der Waals surface area contributed by atoms with Crippen LogP contribution in [0.2, 0.25) is 0 Å². The number of benzene rings is 1. The van der Waals surface area contributed by atoms with Crippen molar-refractivity contribution in [3.63, 3.8) is 0 Å². The van der Waals surface area contributed by atoms with Crippen LogP contribution in [0.15, 0.2) is 29.2 Å². The molecule has 20 heavy (non-hydrogen) atoms. The number of hydrogen-bond donors (Lipinski definition) is 2. The zero-order chi connectivity index (χ0) is 15.2. The molecule has 112 valence electrons. The summed E-state index contributed by atoms with van der Waals surface area (Å²) in [5.41, 5.74) is 0.721. The number of amides is 1. The smallest absolute Gasteiger partial charge is 0.242 e. The number of anilines is 1. The Labute approximate surface area is 120 Å². The van der Waals surface area contributed by atoms with Crippen LogP contribution in [0.5, 0.6) is 0 Å². The highest BCUT2D eigenvalue weighted by Gasteiger charge is 2.13. The molecule has 1 rings (SSSR count). The molecule has 0 fully saturated rings. The fourth-order valence-corrected chi connectivity index (χ4v) is 2.53. The average Bonchev–Trinajstić information content (AvgIpc) is 2.45. The molecular weight excluding hydrogens is 276 g/mol. The highest BCUT2D eigenvalue weighted by atomic mass is 32.2. The first-order valence-corrected chi connectivity index (χ1v) is 8.43. The predicted molar refractivity (Wildman–Crippen MR) is 80.6 cm³/mol. The van der Waals surface area contributed by atoms with Gasteiger partial charge in [0.1, 0.15) is 6.04 Å². The van der Waals surface area contributed by atoms with Gasteiger partial charge < -0.3 is 10.6 Å². The molecule has 0 bridgehead atoms. The number of carbonyl (C=O) groups is 1. The van der Waals surface area contributed by atoms with E-state index >= 15 is 0 Å². The standard InChI is InChI=1S/C14H22N2O3S/c1-4-10-15-14(17)11(3)16-12-6-8-13(9-7-12)20(18,19)5-2/h6-9,11,16H,4-5,10H2,1-3H3,(H,15,17). The van der Waals surface area contributed by atoms with Crippen molar-refractivity contribution in [2.24, 2.45) is 0 Å². The van der Waals surface area contributed by atoms with Crippen LogP contribution >= 0.6 is 0 Å². The van der Waals surface area contributed by atoms with Crippen LogP contribution in [-0.2, 0) is 14.6 Å². The molecule has 0 aliphatic rings. The molecular formula is C14H22N2O3S. The number of sulfone groups is 1. The SMILES string of the molecule is CCCNC(=O)C(C)Nc1ccc(S(=O)(=O)CC)cc1. The van der Waals surface area contributed by atoms with Crippen molar-refractivity contribution in [1.29, 1.82) is 0 Å². The lowest BCUT2D eigenvalue weighted by Gasteiger charge is -2.15. The second-order valence-electron chi connectivity index (χ2n) is 4.58. The summed E-state index contributed by atoms with van der Waals surface area (Å²) in [7, 11) is -3.18. The van der Waals surface area contributed by atoms with Crippen molar-refractivity contribution in [3.8, 4) is 0 Å². The third-order valence-electron chi connectivity index (χ3n) is 2.92. The van der Waals surface area contributed by atoms with E-state index in [1.165, 1.54) is 0 Å². The van der Waals surface area contributed by atoms with Crippen molar-refractivity contribution < 1.29 is 13.2 Å². The molecule has 0 aliphatic heterocycles. The zero-order valence-electron chi connectivity index (χ0n) is 12.1. The van der Waals surface area contributed by atoms with Gasteiger partial charge in [0.15, 0.2) is 9.84 Å². The number of nitrogens with one attached hydrogen (secondary N) is 2. The fourth-order valence-electron chi connectivity index (χ4n) is 1.64. The Kier molecular flexibility index (Phi) is 6.01. The summed E-state index contributed by atoms with van der Waals surface area (Å²) in [6, 6.07) is 6.09. The van der Waals surface area contributed by atoms with Gasteiger partial charge in [0, 0.05) is 12.2 Å². The lowest BCUT2D eigenvalue weighted by atomic mass is 10.2. The molecule has 0 radical (unpaired) electrons. The third kappa shape index (κ3) is 4.52. The molecule has 0 heterocycles. The van der Waals surface area contributed by atoms with Gasteiger partial charge in [-0.15, -0.1) is 0 Å². The molecule has 0 aromatic heterocycles. The maximum atomic E-state index is 11.7. The van der Waals surface area contributed by atoms with Crippen LogP contribution in [0, 0.1) is 0 Å². The van der Waals surface area contributed by atoms with Gasteiger partial charge >= 0.3 is 0 Å². The quantitative estimate of drug-likeness (QED) is 0.805. The van der Waals surface area contributed by atoms with E-state index in [1.807, 2.05) is 6.92 Å². The number of hydrogen-bond acceptors (Lipinski definition) is 4. The van der Waals surface area contributed by atoms with E-state index in [0.29, 0.717) is 11.4 Å². The molecule has 0 saturated heterocycles. The van der Waals surface area contributed by atoms with E-state index in [-0.39, 0.29) is 17.7 Å². The third-order valence-corrected chi connectivity index (χ3v) is 4.67. The van der Waals surface area contributed by atoms with E-state index in [0.717, 1.165) is 12.1 Å². The lowest BCUT2D eigenvalue weighted by molar-refractivity contribution is -0.121. The molecule has 1 aromatic rings. The Bertz CT molecular complexity index is 538. The molecule has 0 aliphatic carbocycles. The molecule has 5 nitrogen and oxygen atoms in total. The summed E-state index contributed by atoms with van der Waals surface area (Å²) in [4.78, 5) is 12.0. The molecule has 2 N–H and O–H groups in total. The van der Waals surface area contributed by atoms with Crippen LogP contribution in [0.1, 0.15) is 27.2 Å². The molecule has 6 heteroatoms. The van der Waals surface area contributed by atoms with E-state index in [2.05, 4.69) is 10.6 Å². The van der Waals surface area contributed by atoms with Crippen molar-refractivity contribution in [1.82, 2.24) is 5.32 Å². The monoisotopic (exact) mass is 298 g/mol. The Morgan fingerprint density at radius 1 is 1.20 bits per heavy atom. The topological polar surface area (TPSA) is 75.3 Å².